The average molecular weight is 261 g/mol. The normalized spacial score (nSPS) is 10.4. The minimum atomic E-state index is -0.428. The molecular weight excluding hydrogens is 246 g/mol. The Bertz CT molecular complexity index is 553. The first-order chi connectivity index (χ1) is 9.16. The highest BCUT2D eigenvalue weighted by Gasteiger charge is 2.10. The molecule has 0 aliphatic heterocycles. The van der Waals surface area contributed by atoms with E-state index in [2.05, 4.69) is 20.3 Å². The average Bonchev–Trinajstić information content (AvgIpc) is 2.87. The molecule has 0 unspecified atom stereocenters. The molecule has 0 aromatic carbocycles. The van der Waals surface area contributed by atoms with Gasteiger partial charge in [0.15, 0.2) is 0 Å². The molecule has 2 N–H and O–H groups in total. The number of nitro groups is 1. The standard InChI is InChI=1S/C12H15N5O2/c1-9-7-12(16-8-10(9)17(18)19)13-4-2-3-11-14-5-6-15-11/h5-8H,2-4H2,1H3,(H,13,16)(H,14,15). The van der Waals surface area contributed by atoms with E-state index in [1.165, 1.54) is 6.20 Å². The third-order valence-corrected chi connectivity index (χ3v) is 2.73. The lowest BCUT2D eigenvalue weighted by Crippen LogP contribution is -2.06. The van der Waals surface area contributed by atoms with Crippen LogP contribution in [-0.4, -0.2) is 26.4 Å². The van der Waals surface area contributed by atoms with Crippen LogP contribution in [0.4, 0.5) is 11.5 Å². The van der Waals surface area contributed by atoms with Crippen molar-refractivity contribution in [1.82, 2.24) is 15.0 Å². The lowest BCUT2D eigenvalue weighted by atomic mass is 10.2. The summed E-state index contributed by atoms with van der Waals surface area (Å²) in [5.41, 5.74) is 0.648. The fraction of sp³-hybridized carbons (Fsp3) is 0.333. The second-order valence-electron chi connectivity index (χ2n) is 4.18. The van der Waals surface area contributed by atoms with Crippen LogP contribution in [0.25, 0.3) is 0 Å². The topological polar surface area (TPSA) is 96.7 Å². The van der Waals surface area contributed by atoms with Gasteiger partial charge in [0.25, 0.3) is 5.69 Å². The van der Waals surface area contributed by atoms with Crippen molar-refractivity contribution in [2.45, 2.75) is 19.8 Å². The first kappa shape index (κ1) is 13.0. The molecule has 0 saturated carbocycles. The zero-order valence-corrected chi connectivity index (χ0v) is 10.6. The molecule has 2 aromatic rings. The van der Waals surface area contributed by atoms with Gasteiger partial charge >= 0.3 is 0 Å². The van der Waals surface area contributed by atoms with Crippen molar-refractivity contribution in [2.75, 3.05) is 11.9 Å². The van der Waals surface area contributed by atoms with Gasteiger partial charge in [0.2, 0.25) is 0 Å². The number of rotatable bonds is 6. The molecule has 100 valence electrons. The molecule has 2 aromatic heterocycles. The molecular formula is C12H15N5O2. The predicted molar refractivity (Wildman–Crippen MR) is 71.0 cm³/mol. The molecule has 0 fully saturated rings. The van der Waals surface area contributed by atoms with Crippen LogP contribution in [0.5, 0.6) is 0 Å². The fourth-order valence-corrected chi connectivity index (χ4v) is 1.74. The molecule has 2 heterocycles. The van der Waals surface area contributed by atoms with Crippen molar-refractivity contribution < 1.29 is 4.92 Å². The maximum absolute atomic E-state index is 10.7. The van der Waals surface area contributed by atoms with E-state index in [9.17, 15) is 10.1 Å². The smallest absolute Gasteiger partial charge is 0.290 e. The quantitative estimate of drug-likeness (QED) is 0.471. The van der Waals surface area contributed by atoms with E-state index >= 15 is 0 Å². The fourth-order valence-electron chi connectivity index (χ4n) is 1.74. The van der Waals surface area contributed by atoms with Crippen LogP contribution in [0.15, 0.2) is 24.7 Å². The third-order valence-electron chi connectivity index (χ3n) is 2.73. The number of hydrogen-bond donors (Lipinski definition) is 2. The van der Waals surface area contributed by atoms with Crippen molar-refractivity contribution >= 4 is 11.5 Å². The van der Waals surface area contributed by atoms with Crippen LogP contribution in [0.1, 0.15) is 17.8 Å². The van der Waals surface area contributed by atoms with Crippen LogP contribution in [-0.2, 0) is 6.42 Å². The minimum absolute atomic E-state index is 0.0427. The minimum Gasteiger partial charge on any atom is -0.370 e. The lowest BCUT2D eigenvalue weighted by Gasteiger charge is -2.05. The summed E-state index contributed by atoms with van der Waals surface area (Å²) >= 11 is 0. The van der Waals surface area contributed by atoms with E-state index < -0.39 is 4.92 Å². The highest BCUT2D eigenvalue weighted by Crippen LogP contribution is 2.18. The zero-order valence-electron chi connectivity index (χ0n) is 10.6. The molecule has 0 radical (unpaired) electrons. The Balaban J connectivity index is 1.83. The van der Waals surface area contributed by atoms with E-state index in [0.717, 1.165) is 25.2 Å². The molecule has 7 nitrogen and oxygen atoms in total. The van der Waals surface area contributed by atoms with Gasteiger partial charge in [0.05, 0.1) is 4.92 Å². The molecule has 0 saturated heterocycles. The summed E-state index contributed by atoms with van der Waals surface area (Å²) < 4.78 is 0. The van der Waals surface area contributed by atoms with Gasteiger partial charge in [-0.05, 0) is 19.4 Å². The number of anilines is 1. The molecule has 0 aliphatic rings. The number of H-pyrrole nitrogens is 1. The van der Waals surface area contributed by atoms with E-state index in [1.807, 2.05) is 0 Å². The second-order valence-corrected chi connectivity index (χ2v) is 4.18. The van der Waals surface area contributed by atoms with Crippen molar-refractivity contribution in [3.8, 4) is 0 Å². The second kappa shape index (κ2) is 5.94. The Hall–Kier alpha value is -2.44. The van der Waals surface area contributed by atoms with Crippen LogP contribution in [0, 0.1) is 17.0 Å². The highest BCUT2D eigenvalue weighted by atomic mass is 16.6. The van der Waals surface area contributed by atoms with Crippen molar-refractivity contribution in [3.05, 3.63) is 46.2 Å². The summed E-state index contributed by atoms with van der Waals surface area (Å²) in [6.07, 6.45) is 6.56. The Kier molecular flexibility index (Phi) is 4.07. The van der Waals surface area contributed by atoms with Crippen LogP contribution < -0.4 is 5.32 Å². The summed E-state index contributed by atoms with van der Waals surface area (Å²) in [7, 11) is 0. The van der Waals surface area contributed by atoms with Gasteiger partial charge in [-0.25, -0.2) is 9.97 Å². The molecule has 0 spiro atoms. The van der Waals surface area contributed by atoms with Crippen LogP contribution in [0.2, 0.25) is 0 Å². The first-order valence-electron chi connectivity index (χ1n) is 6.00. The number of hydrogen-bond acceptors (Lipinski definition) is 5. The Morgan fingerprint density at radius 3 is 2.95 bits per heavy atom. The van der Waals surface area contributed by atoms with E-state index in [-0.39, 0.29) is 5.69 Å². The maximum Gasteiger partial charge on any atom is 0.290 e. The Morgan fingerprint density at radius 1 is 1.47 bits per heavy atom. The summed E-state index contributed by atoms with van der Waals surface area (Å²) in [6.45, 7) is 2.44. The largest absolute Gasteiger partial charge is 0.370 e. The van der Waals surface area contributed by atoms with Crippen molar-refractivity contribution in [3.63, 3.8) is 0 Å². The maximum atomic E-state index is 10.7. The van der Waals surface area contributed by atoms with Gasteiger partial charge < -0.3 is 10.3 Å². The Morgan fingerprint density at radius 2 is 2.32 bits per heavy atom. The monoisotopic (exact) mass is 261 g/mol. The van der Waals surface area contributed by atoms with Crippen molar-refractivity contribution in [2.24, 2.45) is 0 Å². The summed E-state index contributed by atoms with van der Waals surface area (Å²) in [5.74, 6) is 1.61. The number of nitrogens with one attached hydrogen (secondary N) is 2. The van der Waals surface area contributed by atoms with Gasteiger partial charge in [0, 0.05) is 30.9 Å². The molecule has 19 heavy (non-hydrogen) atoms. The summed E-state index contributed by atoms with van der Waals surface area (Å²) in [6, 6.07) is 1.69. The number of aromatic nitrogens is 3. The first-order valence-corrected chi connectivity index (χ1v) is 6.00. The predicted octanol–water partition coefficient (Wildman–Crippen LogP) is 2.07. The Labute approximate surface area is 110 Å². The molecule has 0 amide bonds. The number of aryl methyl sites for hydroxylation is 2. The number of nitrogens with zero attached hydrogens (tertiary/aromatic N) is 3. The van der Waals surface area contributed by atoms with E-state index in [4.69, 9.17) is 0 Å². The molecule has 0 bridgehead atoms. The van der Waals surface area contributed by atoms with Gasteiger partial charge in [-0.15, -0.1) is 0 Å². The zero-order chi connectivity index (χ0) is 13.7. The van der Waals surface area contributed by atoms with Crippen LogP contribution >= 0.6 is 0 Å². The highest BCUT2D eigenvalue weighted by molar-refractivity contribution is 5.46. The summed E-state index contributed by atoms with van der Waals surface area (Å²) in [5, 5.41) is 13.8. The van der Waals surface area contributed by atoms with Gasteiger partial charge in [-0.1, -0.05) is 0 Å². The van der Waals surface area contributed by atoms with Crippen LogP contribution in [0.3, 0.4) is 0 Å². The third kappa shape index (κ3) is 3.51. The number of pyridine rings is 1. The molecule has 2 rings (SSSR count). The van der Waals surface area contributed by atoms with E-state index in [1.54, 1.807) is 25.4 Å². The van der Waals surface area contributed by atoms with Gasteiger partial charge in [-0.2, -0.15) is 0 Å². The van der Waals surface area contributed by atoms with Gasteiger partial charge in [0.1, 0.15) is 17.8 Å². The van der Waals surface area contributed by atoms with Gasteiger partial charge in [-0.3, -0.25) is 10.1 Å². The number of aromatic amines is 1. The molecule has 0 atom stereocenters. The van der Waals surface area contributed by atoms with Crippen molar-refractivity contribution in [1.29, 1.82) is 0 Å². The number of imidazole rings is 1. The lowest BCUT2D eigenvalue weighted by molar-refractivity contribution is -0.385. The van der Waals surface area contributed by atoms with E-state index in [0.29, 0.717) is 11.4 Å². The molecule has 0 aliphatic carbocycles. The molecule has 7 heteroatoms. The summed E-state index contributed by atoms with van der Waals surface area (Å²) in [4.78, 5) is 21.4. The SMILES string of the molecule is Cc1cc(NCCCc2ncc[nH]2)ncc1[N+](=O)[O-].